The molecule has 122 valence electrons. The first-order chi connectivity index (χ1) is 11.0. The predicted octanol–water partition coefficient (Wildman–Crippen LogP) is 2.14. The molecular weight excluding hydrogens is 319 g/mol. The van der Waals surface area contributed by atoms with E-state index in [-0.39, 0.29) is 18.3 Å². The van der Waals surface area contributed by atoms with Gasteiger partial charge in [0, 0.05) is 10.6 Å². The van der Waals surface area contributed by atoms with Crippen molar-refractivity contribution in [1.29, 1.82) is 0 Å². The lowest BCUT2D eigenvalue weighted by atomic mass is 10.2. The molecule has 2 N–H and O–H groups in total. The Morgan fingerprint density at radius 3 is 2.61 bits per heavy atom. The highest BCUT2D eigenvalue weighted by Crippen LogP contribution is 2.27. The second-order valence-electron chi connectivity index (χ2n) is 5.33. The van der Waals surface area contributed by atoms with Crippen LogP contribution in [0.1, 0.15) is 5.56 Å². The van der Waals surface area contributed by atoms with Gasteiger partial charge in [0.25, 0.3) is 5.91 Å². The van der Waals surface area contributed by atoms with Crippen molar-refractivity contribution in [1.82, 2.24) is 0 Å². The molecule has 0 aliphatic heterocycles. The molecule has 6 heteroatoms. The number of carbonyl (C=O) groups excluding carboxylic acids is 1. The van der Waals surface area contributed by atoms with Crippen molar-refractivity contribution in [3.63, 3.8) is 0 Å². The molecule has 0 aliphatic rings. The van der Waals surface area contributed by atoms with Crippen molar-refractivity contribution in [3.8, 4) is 5.75 Å². The van der Waals surface area contributed by atoms with E-state index < -0.39 is 0 Å². The number of ether oxygens (including phenoxy) is 1. The number of quaternary nitrogens is 1. The van der Waals surface area contributed by atoms with Crippen molar-refractivity contribution in [2.45, 2.75) is 6.54 Å². The van der Waals surface area contributed by atoms with Crippen molar-refractivity contribution in [2.75, 3.05) is 26.0 Å². The van der Waals surface area contributed by atoms with Gasteiger partial charge in [-0.3, -0.25) is 4.79 Å². The monoisotopic (exact) mass is 337 g/mol. The highest BCUT2D eigenvalue weighted by Gasteiger charge is 2.13. The molecule has 0 saturated heterocycles. The van der Waals surface area contributed by atoms with E-state index in [4.69, 9.17) is 16.3 Å². The van der Waals surface area contributed by atoms with Gasteiger partial charge in [-0.2, -0.15) is 0 Å². The molecule has 1 atom stereocenters. The molecule has 2 aromatic carbocycles. The Morgan fingerprint density at radius 1 is 1.26 bits per heavy atom. The van der Waals surface area contributed by atoms with E-state index in [0.29, 0.717) is 23.0 Å². The summed E-state index contributed by atoms with van der Waals surface area (Å²) in [5, 5.41) is 3.32. The molecule has 1 amide bonds. The van der Waals surface area contributed by atoms with Crippen LogP contribution in [0.4, 0.5) is 10.1 Å². The highest BCUT2D eigenvalue weighted by atomic mass is 35.5. The van der Waals surface area contributed by atoms with Crippen LogP contribution in [-0.4, -0.2) is 26.6 Å². The average molecular weight is 338 g/mol. The molecule has 2 aromatic rings. The second kappa shape index (κ2) is 7.94. The van der Waals surface area contributed by atoms with Crippen LogP contribution in [0.5, 0.6) is 5.75 Å². The Balaban J connectivity index is 1.94. The number of nitrogens with one attached hydrogen (secondary N) is 2. The predicted molar refractivity (Wildman–Crippen MR) is 88.5 cm³/mol. The molecule has 1 unspecified atom stereocenters. The molecule has 0 saturated carbocycles. The number of hydrogen-bond donors (Lipinski definition) is 2. The lowest BCUT2D eigenvalue weighted by Crippen LogP contribution is -3.08. The van der Waals surface area contributed by atoms with Crippen LogP contribution in [0.25, 0.3) is 0 Å². The zero-order valence-corrected chi connectivity index (χ0v) is 13.8. The largest absolute Gasteiger partial charge is 0.495 e. The summed E-state index contributed by atoms with van der Waals surface area (Å²) in [5.74, 6) is 0.140. The number of methoxy groups -OCH3 is 1. The maximum atomic E-state index is 12.9. The van der Waals surface area contributed by atoms with Gasteiger partial charge in [0.15, 0.2) is 6.54 Å². The molecule has 0 heterocycles. The number of rotatable bonds is 6. The fraction of sp³-hybridized carbons (Fsp3) is 0.235. The van der Waals surface area contributed by atoms with Gasteiger partial charge >= 0.3 is 0 Å². The minimum Gasteiger partial charge on any atom is -0.495 e. The fourth-order valence-corrected chi connectivity index (χ4v) is 2.43. The van der Waals surface area contributed by atoms with E-state index in [1.54, 1.807) is 30.3 Å². The standard InChI is InChI=1S/C17H18ClFN2O2/c1-21(10-12-3-6-14(19)7-4-12)11-17(22)20-15-9-13(18)5-8-16(15)23-2/h3-9H,10-11H2,1-2H3,(H,20,22)/p+1. The first kappa shape index (κ1) is 17.2. The zero-order chi connectivity index (χ0) is 16.8. The van der Waals surface area contributed by atoms with Gasteiger partial charge in [-0.25, -0.2) is 4.39 Å². The third kappa shape index (κ3) is 5.23. The van der Waals surface area contributed by atoms with Gasteiger partial charge in [-0.1, -0.05) is 23.7 Å². The minimum absolute atomic E-state index is 0.148. The molecule has 0 fully saturated rings. The summed E-state index contributed by atoms with van der Waals surface area (Å²) in [6.45, 7) is 0.896. The van der Waals surface area contributed by atoms with Crippen molar-refractivity contribution in [2.24, 2.45) is 0 Å². The number of anilines is 1. The molecular formula is C17H19ClFN2O2+. The van der Waals surface area contributed by atoms with Crippen molar-refractivity contribution < 1.29 is 18.8 Å². The van der Waals surface area contributed by atoms with Crippen LogP contribution < -0.4 is 15.0 Å². The summed E-state index contributed by atoms with van der Waals surface area (Å²) in [6, 6.07) is 11.3. The third-order valence-electron chi connectivity index (χ3n) is 3.32. The summed E-state index contributed by atoms with van der Waals surface area (Å²) < 4.78 is 18.1. The maximum Gasteiger partial charge on any atom is 0.279 e. The minimum atomic E-state index is -0.266. The second-order valence-corrected chi connectivity index (χ2v) is 5.77. The molecule has 0 aliphatic carbocycles. The average Bonchev–Trinajstić information content (AvgIpc) is 2.49. The summed E-state index contributed by atoms with van der Waals surface area (Å²) in [7, 11) is 3.43. The number of likely N-dealkylation sites (N-methyl/N-ethyl adjacent to an activating group) is 1. The van der Waals surface area contributed by atoms with Crippen molar-refractivity contribution >= 4 is 23.2 Å². The van der Waals surface area contributed by atoms with E-state index in [1.165, 1.54) is 19.2 Å². The van der Waals surface area contributed by atoms with Gasteiger partial charge in [0.05, 0.1) is 19.8 Å². The third-order valence-corrected chi connectivity index (χ3v) is 3.55. The van der Waals surface area contributed by atoms with Crippen LogP contribution in [0.2, 0.25) is 5.02 Å². The number of hydrogen-bond acceptors (Lipinski definition) is 2. The Kier molecular flexibility index (Phi) is 5.96. The van der Waals surface area contributed by atoms with E-state index in [2.05, 4.69) is 5.32 Å². The SMILES string of the molecule is COc1ccc(Cl)cc1NC(=O)C[NH+](C)Cc1ccc(F)cc1. The van der Waals surface area contributed by atoms with Crippen LogP contribution in [0, 0.1) is 5.82 Å². The van der Waals surface area contributed by atoms with Gasteiger partial charge in [0.1, 0.15) is 18.1 Å². The van der Waals surface area contributed by atoms with Crippen molar-refractivity contribution in [3.05, 3.63) is 58.9 Å². The zero-order valence-electron chi connectivity index (χ0n) is 13.0. The molecule has 23 heavy (non-hydrogen) atoms. The van der Waals surface area contributed by atoms with Crippen LogP contribution >= 0.6 is 11.6 Å². The molecule has 0 aromatic heterocycles. The maximum absolute atomic E-state index is 12.9. The molecule has 2 rings (SSSR count). The Labute approximate surface area is 139 Å². The Morgan fingerprint density at radius 2 is 1.96 bits per heavy atom. The number of halogens is 2. The van der Waals surface area contributed by atoms with E-state index >= 15 is 0 Å². The van der Waals surface area contributed by atoms with E-state index in [0.717, 1.165) is 10.5 Å². The first-order valence-corrected chi connectivity index (χ1v) is 7.55. The summed E-state index contributed by atoms with van der Waals surface area (Å²) in [5.41, 5.74) is 1.51. The Bertz CT molecular complexity index is 677. The van der Waals surface area contributed by atoms with Crippen LogP contribution in [0.3, 0.4) is 0 Å². The molecule has 4 nitrogen and oxygen atoms in total. The van der Waals surface area contributed by atoms with E-state index in [9.17, 15) is 9.18 Å². The normalized spacial score (nSPS) is 11.8. The molecule has 0 spiro atoms. The van der Waals surface area contributed by atoms with Crippen LogP contribution in [0.15, 0.2) is 42.5 Å². The molecule has 0 bridgehead atoms. The highest BCUT2D eigenvalue weighted by molar-refractivity contribution is 6.31. The lowest BCUT2D eigenvalue weighted by molar-refractivity contribution is -0.885. The van der Waals surface area contributed by atoms with Gasteiger partial charge in [-0.15, -0.1) is 0 Å². The number of benzene rings is 2. The first-order valence-electron chi connectivity index (χ1n) is 7.17. The molecule has 0 radical (unpaired) electrons. The topological polar surface area (TPSA) is 42.8 Å². The Hall–Kier alpha value is -2.11. The quantitative estimate of drug-likeness (QED) is 0.848. The number of amides is 1. The van der Waals surface area contributed by atoms with E-state index in [1.807, 2.05) is 7.05 Å². The van der Waals surface area contributed by atoms with Gasteiger partial charge in [-0.05, 0) is 30.3 Å². The summed E-state index contributed by atoms with van der Waals surface area (Å²) in [6.07, 6.45) is 0. The number of carbonyl (C=O) groups is 1. The summed E-state index contributed by atoms with van der Waals surface area (Å²) in [4.78, 5) is 13.1. The fourth-order valence-electron chi connectivity index (χ4n) is 2.26. The summed E-state index contributed by atoms with van der Waals surface area (Å²) >= 11 is 5.94. The van der Waals surface area contributed by atoms with Gasteiger partial charge < -0.3 is 15.0 Å². The smallest absolute Gasteiger partial charge is 0.279 e. The van der Waals surface area contributed by atoms with Crippen LogP contribution in [-0.2, 0) is 11.3 Å². The van der Waals surface area contributed by atoms with Gasteiger partial charge in [0.2, 0.25) is 0 Å². The lowest BCUT2D eigenvalue weighted by Gasteiger charge is -2.15.